The van der Waals surface area contributed by atoms with Gasteiger partial charge in [0.2, 0.25) is 10.0 Å². The molecule has 0 bridgehead atoms. The Labute approximate surface area is 227 Å². The summed E-state index contributed by atoms with van der Waals surface area (Å²) >= 11 is 12.4. The van der Waals surface area contributed by atoms with Crippen molar-refractivity contribution in [3.63, 3.8) is 0 Å². The fourth-order valence-corrected chi connectivity index (χ4v) is 5.45. The fourth-order valence-electron chi connectivity index (χ4n) is 4.10. The lowest BCUT2D eigenvalue weighted by atomic mass is 9.94. The van der Waals surface area contributed by atoms with Crippen LogP contribution in [-0.4, -0.2) is 20.6 Å². The lowest BCUT2D eigenvalue weighted by Crippen LogP contribution is -2.30. The number of amides is 1. The normalized spacial score (nSPS) is 12.1. The number of rotatable bonds is 8. The van der Waals surface area contributed by atoms with E-state index in [0.29, 0.717) is 16.8 Å². The number of carbonyl (C=O) groups excluding carboxylic acids is 1. The van der Waals surface area contributed by atoms with Crippen LogP contribution >= 0.6 is 23.2 Å². The molecule has 4 aromatic rings. The van der Waals surface area contributed by atoms with Gasteiger partial charge in [0.25, 0.3) is 5.91 Å². The molecule has 0 aromatic heterocycles. The molecule has 0 aliphatic heterocycles. The maximum atomic E-state index is 13.3. The van der Waals surface area contributed by atoms with E-state index in [1.54, 1.807) is 42.5 Å². The Kier molecular flexibility index (Phi) is 8.22. The summed E-state index contributed by atoms with van der Waals surface area (Å²) < 4.78 is 26.3. The van der Waals surface area contributed by atoms with Crippen molar-refractivity contribution in [1.82, 2.24) is 5.32 Å². The number of anilines is 1. The Morgan fingerprint density at radius 3 is 2.16 bits per heavy atom. The summed E-state index contributed by atoms with van der Waals surface area (Å²) in [5, 5.41) is 3.58. The van der Waals surface area contributed by atoms with E-state index in [1.165, 1.54) is 4.31 Å². The molecule has 4 aromatic carbocycles. The van der Waals surface area contributed by atoms with Crippen molar-refractivity contribution in [3.05, 3.63) is 135 Å². The number of halogens is 2. The first-order chi connectivity index (χ1) is 17.6. The SMILES string of the molecule is Cc1ccccc1[C@H](NC(=O)c1ccc(CN(c2cccc(Cl)c2Cl)S(C)(=O)=O)cc1)c1ccccc1. The minimum atomic E-state index is -3.65. The molecule has 0 spiro atoms. The van der Waals surface area contributed by atoms with Crippen molar-refractivity contribution < 1.29 is 13.2 Å². The van der Waals surface area contributed by atoms with E-state index >= 15 is 0 Å². The molecule has 0 saturated heterocycles. The second-order valence-electron chi connectivity index (χ2n) is 8.71. The molecule has 5 nitrogen and oxygen atoms in total. The van der Waals surface area contributed by atoms with Crippen LogP contribution in [0.4, 0.5) is 5.69 Å². The standard InChI is InChI=1S/C29H26Cl2N2O3S/c1-20-9-6-7-12-24(20)28(22-10-4-3-5-11-22)32-29(34)23-17-15-21(16-18-23)19-33(37(2,35)36)26-14-8-13-25(30)27(26)31/h3-18,28H,19H2,1-2H3,(H,32,34)/t28-/m1/s1. The summed E-state index contributed by atoms with van der Waals surface area (Å²) in [6.07, 6.45) is 1.11. The molecule has 0 heterocycles. The summed E-state index contributed by atoms with van der Waals surface area (Å²) in [5.74, 6) is -0.235. The van der Waals surface area contributed by atoms with E-state index in [-0.39, 0.29) is 28.5 Å². The third kappa shape index (κ3) is 6.34. The van der Waals surface area contributed by atoms with Crippen molar-refractivity contribution in [2.45, 2.75) is 19.5 Å². The molecule has 8 heteroatoms. The van der Waals surface area contributed by atoms with Crippen LogP contribution < -0.4 is 9.62 Å². The lowest BCUT2D eigenvalue weighted by Gasteiger charge is -2.24. The molecule has 4 rings (SSSR count). The van der Waals surface area contributed by atoms with Crippen LogP contribution in [0.3, 0.4) is 0 Å². The van der Waals surface area contributed by atoms with E-state index < -0.39 is 10.0 Å². The average Bonchev–Trinajstić information content (AvgIpc) is 2.88. The zero-order valence-electron chi connectivity index (χ0n) is 20.4. The highest BCUT2D eigenvalue weighted by molar-refractivity contribution is 7.92. The molecule has 0 fully saturated rings. The van der Waals surface area contributed by atoms with Gasteiger partial charge < -0.3 is 5.32 Å². The van der Waals surface area contributed by atoms with E-state index in [1.807, 2.05) is 61.5 Å². The molecule has 1 amide bonds. The van der Waals surface area contributed by atoms with Gasteiger partial charge in [-0.1, -0.05) is 96.0 Å². The molecule has 0 saturated carbocycles. The molecule has 1 atom stereocenters. The minimum Gasteiger partial charge on any atom is -0.341 e. The number of nitrogens with one attached hydrogen (secondary N) is 1. The number of hydrogen-bond donors (Lipinski definition) is 1. The van der Waals surface area contributed by atoms with Gasteiger partial charge in [-0.25, -0.2) is 8.42 Å². The van der Waals surface area contributed by atoms with Gasteiger partial charge >= 0.3 is 0 Å². The fraction of sp³-hybridized carbons (Fsp3) is 0.138. The van der Waals surface area contributed by atoms with Gasteiger partial charge in [0.15, 0.2) is 0 Å². The molecular formula is C29H26Cl2N2O3S. The Morgan fingerprint density at radius 1 is 0.865 bits per heavy atom. The van der Waals surface area contributed by atoms with Crippen molar-refractivity contribution in [2.24, 2.45) is 0 Å². The molecule has 37 heavy (non-hydrogen) atoms. The van der Waals surface area contributed by atoms with Gasteiger partial charge in [0.1, 0.15) is 0 Å². The maximum absolute atomic E-state index is 13.3. The summed E-state index contributed by atoms with van der Waals surface area (Å²) in [6.45, 7) is 2.06. The van der Waals surface area contributed by atoms with Gasteiger partial charge in [-0.3, -0.25) is 9.10 Å². The predicted molar refractivity (Wildman–Crippen MR) is 151 cm³/mol. The summed E-state index contributed by atoms with van der Waals surface area (Å²) in [6, 6.07) is 29.1. The van der Waals surface area contributed by atoms with E-state index in [4.69, 9.17) is 23.2 Å². The van der Waals surface area contributed by atoms with Crippen molar-refractivity contribution in [3.8, 4) is 0 Å². The van der Waals surface area contributed by atoms with Crippen LogP contribution in [0.25, 0.3) is 0 Å². The Morgan fingerprint density at radius 2 is 1.51 bits per heavy atom. The number of aryl methyl sites for hydroxylation is 1. The van der Waals surface area contributed by atoms with Gasteiger partial charge in [0, 0.05) is 5.56 Å². The highest BCUT2D eigenvalue weighted by Gasteiger charge is 2.22. The molecular weight excluding hydrogens is 527 g/mol. The van der Waals surface area contributed by atoms with Crippen LogP contribution in [0.1, 0.15) is 38.7 Å². The maximum Gasteiger partial charge on any atom is 0.252 e. The first-order valence-corrected chi connectivity index (χ1v) is 14.2. The van der Waals surface area contributed by atoms with Crippen molar-refractivity contribution >= 4 is 44.8 Å². The predicted octanol–water partition coefficient (Wildman–Crippen LogP) is 6.79. The second-order valence-corrected chi connectivity index (χ2v) is 11.4. The highest BCUT2D eigenvalue weighted by Crippen LogP contribution is 2.34. The monoisotopic (exact) mass is 552 g/mol. The third-order valence-corrected chi connectivity index (χ3v) is 7.99. The molecule has 0 aliphatic rings. The molecule has 0 aliphatic carbocycles. The quantitative estimate of drug-likeness (QED) is 0.261. The first-order valence-electron chi connectivity index (χ1n) is 11.6. The van der Waals surface area contributed by atoms with Gasteiger partial charge in [-0.15, -0.1) is 0 Å². The smallest absolute Gasteiger partial charge is 0.252 e. The van der Waals surface area contributed by atoms with Crippen molar-refractivity contribution in [2.75, 3.05) is 10.6 Å². The van der Waals surface area contributed by atoms with Crippen LogP contribution in [0.2, 0.25) is 10.0 Å². The zero-order valence-corrected chi connectivity index (χ0v) is 22.7. The average molecular weight is 554 g/mol. The largest absolute Gasteiger partial charge is 0.341 e. The van der Waals surface area contributed by atoms with Crippen LogP contribution in [0, 0.1) is 6.92 Å². The highest BCUT2D eigenvalue weighted by atomic mass is 35.5. The Balaban J connectivity index is 1.58. The summed E-state index contributed by atoms with van der Waals surface area (Å²) in [4.78, 5) is 13.3. The van der Waals surface area contributed by atoms with Crippen LogP contribution in [0.5, 0.6) is 0 Å². The molecule has 190 valence electrons. The molecule has 1 N–H and O–H groups in total. The van der Waals surface area contributed by atoms with Gasteiger partial charge in [-0.05, 0) is 53.4 Å². The van der Waals surface area contributed by atoms with Gasteiger partial charge in [-0.2, -0.15) is 0 Å². The number of benzene rings is 4. The molecule has 0 radical (unpaired) electrons. The second kappa shape index (κ2) is 11.4. The topological polar surface area (TPSA) is 66.5 Å². The minimum absolute atomic E-state index is 0.0383. The Bertz CT molecular complexity index is 1510. The number of sulfonamides is 1. The van der Waals surface area contributed by atoms with E-state index in [9.17, 15) is 13.2 Å². The van der Waals surface area contributed by atoms with Crippen molar-refractivity contribution in [1.29, 1.82) is 0 Å². The third-order valence-electron chi connectivity index (χ3n) is 6.05. The van der Waals surface area contributed by atoms with Crippen LogP contribution in [-0.2, 0) is 16.6 Å². The van der Waals surface area contributed by atoms with E-state index in [2.05, 4.69) is 5.32 Å². The van der Waals surface area contributed by atoms with Gasteiger partial charge in [0.05, 0.1) is 34.6 Å². The number of nitrogens with zero attached hydrogens (tertiary/aromatic N) is 1. The zero-order chi connectivity index (χ0) is 26.6. The van der Waals surface area contributed by atoms with Crippen LogP contribution in [0.15, 0.2) is 97.1 Å². The number of hydrogen-bond acceptors (Lipinski definition) is 3. The summed E-state index contributed by atoms with van der Waals surface area (Å²) in [5.41, 5.74) is 4.52. The summed E-state index contributed by atoms with van der Waals surface area (Å²) in [7, 11) is -3.65. The Hall–Kier alpha value is -3.32. The lowest BCUT2D eigenvalue weighted by molar-refractivity contribution is 0.0943. The van der Waals surface area contributed by atoms with E-state index in [0.717, 1.165) is 22.9 Å². The number of carbonyl (C=O) groups is 1. The first kappa shape index (κ1) is 26.7. The molecule has 0 unspecified atom stereocenters.